The van der Waals surface area contributed by atoms with Crippen molar-refractivity contribution in [3.63, 3.8) is 0 Å². The van der Waals surface area contributed by atoms with Crippen molar-refractivity contribution in [3.8, 4) is 0 Å². The highest BCUT2D eigenvalue weighted by molar-refractivity contribution is 6.09. The van der Waals surface area contributed by atoms with E-state index in [0.717, 1.165) is 12.0 Å². The average Bonchev–Trinajstić information content (AvgIpc) is 2.99. The van der Waals surface area contributed by atoms with Gasteiger partial charge in [-0.3, -0.25) is 14.2 Å². The molecule has 4 rings (SSSR count). The minimum absolute atomic E-state index is 0.176. The fourth-order valence-corrected chi connectivity index (χ4v) is 3.47. The molecule has 3 aromatic rings. The van der Waals surface area contributed by atoms with Crippen molar-refractivity contribution in [3.05, 3.63) is 71.2 Å². The number of hydrogen-bond donors (Lipinski definition) is 0. The third kappa shape index (κ3) is 2.61. The Morgan fingerprint density at radius 1 is 1.08 bits per heavy atom. The predicted molar refractivity (Wildman–Crippen MR) is 93.1 cm³/mol. The van der Waals surface area contributed by atoms with Crippen LogP contribution < -0.4 is 0 Å². The van der Waals surface area contributed by atoms with Crippen molar-refractivity contribution in [2.45, 2.75) is 19.9 Å². The minimum Gasteiger partial charge on any atom is -0.334 e. The summed E-state index contributed by atoms with van der Waals surface area (Å²) < 4.78 is 15.1. The lowest BCUT2D eigenvalue weighted by Crippen LogP contribution is -2.35. The van der Waals surface area contributed by atoms with Crippen LogP contribution in [-0.2, 0) is 13.0 Å². The van der Waals surface area contributed by atoms with E-state index in [1.807, 2.05) is 18.2 Å². The molecule has 5 heteroatoms. The van der Waals surface area contributed by atoms with Gasteiger partial charge in [0.15, 0.2) is 0 Å². The summed E-state index contributed by atoms with van der Waals surface area (Å²) in [7, 11) is 0. The Balaban J connectivity index is 1.76. The molecule has 2 heterocycles. The van der Waals surface area contributed by atoms with Crippen molar-refractivity contribution in [2.24, 2.45) is 0 Å². The molecule has 25 heavy (non-hydrogen) atoms. The molecule has 0 saturated carbocycles. The SMILES string of the molecule is CC(=O)n1cc(C(=O)N2CCc3ccccc3C2)c2cc(F)ccc21. The number of nitrogens with zero attached hydrogens (tertiary/aromatic N) is 2. The molecule has 0 radical (unpaired) electrons. The maximum atomic E-state index is 13.7. The molecule has 0 fully saturated rings. The second kappa shape index (κ2) is 5.84. The molecular weight excluding hydrogens is 319 g/mol. The minimum atomic E-state index is -0.424. The van der Waals surface area contributed by atoms with E-state index in [4.69, 9.17) is 0 Å². The molecule has 0 aliphatic carbocycles. The molecule has 1 aliphatic rings. The topological polar surface area (TPSA) is 42.3 Å². The molecule has 1 aliphatic heterocycles. The molecule has 0 unspecified atom stereocenters. The molecule has 1 aromatic heterocycles. The fraction of sp³-hybridized carbons (Fsp3) is 0.200. The Bertz CT molecular complexity index is 1010. The van der Waals surface area contributed by atoms with Gasteiger partial charge in [0.1, 0.15) is 5.82 Å². The molecular formula is C20H17FN2O2. The van der Waals surface area contributed by atoms with Crippen LogP contribution in [0.2, 0.25) is 0 Å². The lowest BCUT2D eigenvalue weighted by atomic mass is 9.99. The van der Waals surface area contributed by atoms with Gasteiger partial charge in [-0.15, -0.1) is 0 Å². The summed E-state index contributed by atoms with van der Waals surface area (Å²) in [5, 5.41) is 0.471. The number of fused-ring (bicyclic) bond motifs is 2. The molecule has 0 spiro atoms. The van der Waals surface area contributed by atoms with Gasteiger partial charge in [0.25, 0.3) is 5.91 Å². The number of carbonyl (C=O) groups excluding carboxylic acids is 2. The molecule has 0 saturated heterocycles. The number of benzene rings is 2. The second-order valence-corrected chi connectivity index (χ2v) is 6.34. The fourth-order valence-electron chi connectivity index (χ4n) is 3.47. The van der Waals surface area contributed by atoms with Crippen LogP contribution in [0.3, 0.4) is 0 Å². The van der Waals surface area contributed by atoms with Gasteiger partial charge in [-0.05, 0) is 35.7 Å². The van der Waals surface area contributed by atoms with Crippen molar-refractivity contribution in [1.82, 2.24) is 9.47 Å². The third-order valence-corrected chi connectivity index (χ3v) is 4.75. The average molecular weight is 336 g/mol. The van der Waals surface area contributed by atoms with Gasteiger partial charge < -0.3 is 4.90 Å². The highest BCUT2D eigenvalue weighted by Gasteiger charge is 2.25. The van der Waals surface area contributed by atoms with Gasteiger partial charge in [0.2, 0.25) is 5.91 Å². The first-order chi connectivity index (χ1) is 12.0. The number of halogens is 1. The molecule has 1 amide bonds. The number of hydrogen-bond acceptors (Lipinski definition) is 2. The lowest BCUT2D eigenvalue weighted by molar-refractivity contribution is 0.0736. The zero-order valence-electron chi connectivity index (χ0n) is 13.8. The van der Waals surface area contributed by atoms with Gasteiger partial charge in [-0.1, -0.05) is 24.3 Å². The summed E-state index contributed by atoms with van der Waals surface area (Å²) >= 11 is 0. The van der Waals surface area contributed by atoms with Crippen molar-refractivity contribution in [1.29, 1.82) is 0 Å². The molecule has 0 bridgehead atoms. The summed E-state index contributed by atoms with van der Waals surface area (Å²) in [6, 6.07) is 12.2. The second-order valence-electron chi connectivity index (χ2n) is 6.34. The first-order valence-electron chi connectivity index (χ1n) is 8.22. The highest BCUT2D eigenvalue weighted by Crippen LogP contribution is 2.26. The van der Waals surface area contributed by atoms with Gasteiger partial charge in [0, 0.05) is 31.6 Å². The maximum Gasteiger partial charge on any atom is 0.256 e. The monoisotopic (exact) mass is 336 g/mol. The van der Waals surface area contributed by atoms with E-state index >= 15 is 0 Å². The van der Waals surface area contributed by atoms with E-state index in [2.05, 4.69) is 6.07 Å². The van der Waals surface area contributed by atoms with Crippen LogP contribution in [0.5, 0.6) is 0 Å². The first-order valence-corrected chi connectivity index (χ1v) is 8.22. The third-order valence-electron chi connectivity index (χ3n) is 4.75. The molecule has 4 nitrogen and oxygen atoms in total. The normalized spacial score (nSPS) is 13.8. The Kier molecular flexibility index (Phi) is 3.64. The molecule has 0 N–H and O–H groups in total. The summed E-state index contributed by atoms with van der Waals surface area (Å²) in [5.41, 5.74) is 3.30. The Labute approximate surface area is 144 Å². The quantitative estimate of drug-likeness (QED) is 0.681. The zero-order chi connectivity index (χ0) is 17.6. The van der Waals surface area contributed by atoms with Crippen LogP contribution in [0.15, 0.2) is 48.7 Å². The summed E-state index contributed by atoms with van der Waals surface area (Å²) in [5.74, 6) is -0.809. The van der Waals surface area contributed by atoms with Crippen LogP contribution >= 0.6 is 0 Å². The smallest absolute Gasteiger partial charge is 0.256 e. The van der Waals surface area contributed by atoms with Gasteiger partial charge in [0.05, 0.1) is 11.1 Å². The van der Waals surface area contributed by atoms with Gasteiger partial charge >= 0.3 is 0 Å². The van der Waals surface area contributed by atoms with Gasteiger partial charge in [-0.25, -0.2) is 4.39 Å². The molecule has 126 valence electrons. The summed E-state index contributed by atoms with van der Waals surface area (Å²) in [6.45, 7) is 2.56. The van der Waals surface area contributed by atoms with E-state index in [-0.39, 0.29) is 11.8 Å². The Hall–Kier alpha value is -2.95. The zero-order valence-corrected chi connectivity index (χ0v) is 13.8. The van der Waals surface area contributed by atoms with Crippen molar-refractivity contribution >= 4 is 22.7 Å². The lowest BCUT2D eigenvalue weighted by Gasteiger charge is -2.28. The van der Waals surface area contributed by atoms with Crippen LogP contribution in [0.25, 0.3) is 10.9 Å². The van der Waals surface area contributed by atoms with E-state index in [9.17, 15) is 14.0 Å². The Morgan fingerprint density at radius 3 is 2.60 bits per heavy atom. The van der Waals surface area contributed by atoms with Crippen LogP contribution in [0.1, 0.15) is 33.2 Å². The van der Waals surface area contributed by atoms with E-state index < -0.39 is 5.82 Å². The van der Waals surface area contributed by atoms with Crippen molar-refractivity contribution in [2.75, 3.05) is 6.54 Å². The van der Waals surface area contributed by atoms with Crippen molar-refractivity contribution < 1.29 is 14.0 Å². The van der Waals surface area contributed by atoms with Crippen LogP contribution in [-0.4, -0.2) is 27.8 Å². The van der Waals surface area contributed by atoms with E-state index in [0.29, 0.717) is 29.6 Å². The largest absolute Gasteiger partial charge is 0.334 e. The number of carbonyl (C=O) groups is 2. The predicted octanol–water partition coefficient (Wildman–Crippen LogP) is 3.64. The molecule has 2 aromatic carbocycles. The van der Waals surface area contributed by atoms with E-state index in [1.165, 1.54) is 41.5 Å². The number of amides is 1. The highest BCUT2D eigenvalue weighted by atomic mass is 19.1. The van der Waals surface area contributed by atoms with Crippen LogP contribution in [0.4, 0.5) is 4.39 Å². The number of aromatic nitrogens is 1. The summed E-state index contributed by atoms with van der Waals surface area (Å²) in [4.78, 5) is 26.7. The maximum absolute atomic E-state index is 13.7. The van der Waals surface area contributed by atoms with Crippen LogP contribution in [0, 0.1) is 5.82 Å². The van der Waals surface area contributed by atoms with Gasteiger partial charge in [-0.2, -0.15) is 0 Å². The Morgan fingerprint density at radius 2 is 1.84 bits per heavy atom. The summed E-state index contributed by atoms with van der Waals surface area (Å²) in [6.07, 6.45) is 2.32. The van der Waals surface area contributed by atoms with E-state index in [1.54, 1.807) is 4.90 Å². The number of rotatable bonds is 1. The standard InChI is InChI=1S/C20H17FN2O2/c1-13(24)23-12-18(17-10-16(21)6-7-19(17)23)20(25)22-9-8-14-4-2-3-5-15(14)11-22/h2-7,10,12H,8-9,11H2,1H3. The molecule has 0 atom stereocenters. The first kappa shape index (κ1) is 15.6.